The first-order chi connectivity index (χ1) is 7.54. The molecular weight excluding hydrogens is 216 g/mol. The summed E-state index contributed by atoms with van der Waals surface area (Å²) in [6, 6.07) is 0.419. The van der Waals surface area contributed by atoms with Gasteiger partial charge in [-0.2, -0.15) is 0 Å². The molecule has 7 heteroatoms. The van der Waals surface area contributed by atoms with Gasteiger partial charge in [0.25, 0.3) is 5.91 Å². The van der Waals surface area contributed by atoms with E-state index in [-0.39, 0.29) is 12.3 Å². The van der Waals surface area contributed by atoms with E-state index < -0.39 is 17.9 Å². The van der Waals surface area contributed by atoms with Gasteiger partial charge in [-0.25, -0.2) is 0 Å². The molecular formula is C9H12N2O5. The maximum atomic E-state index is 11.4. The summed E-state index contributed by atoms with van der Waals surface area (Å²) in [6.07, 6.45) is 0. The maximum Gasteiger partial charge on any atom is 0.325 e. The summed E-state index contributed by atoms with van der Waals surface area (Å²) in [4.78, 5) is 21.9. The number of carboxylic acids is 1. The molecule has 0 bridgehead atoms. The Hall–Kier alpha value is -1.89. The molecule has 7 nitrogen and oxygen atoms in total. The molecule has 2 N–H and O–H groups in total. The second kappa shape index (κ2) is 5.26. The highest BCUT2D eigenvalue weighted by Gasteiger charge is 2.18. The zero-order chi connectivity index (χ0) is 12.1. The number of rotatable bonds is 5. The Labute approximate surface area is 91.4 Å². The van der Waals surface area contributed by atoms with Gasteiger partial charge in [-0.15, -0.1) is 0 Å². The summed E-state index contributed by atoms with van der Waals surface area (Å²) < 4.78 is 9.57. The average molecular weight is 228 g/mol. The number of carbonyl (C=O) groups excluding carboxylic acids is 1. The summed E-state index contributed by atoms with van der Waals surface area (Å²) in [6.45, 7) is 1.56. The van der Waals surface area contributed by atoms with Gasteiger partial charge in [0.05, 0.1) is 0 Å². The molecule has 0 aliphatic rings. The van der Waals surface area contributed by atoms with Gasteiger partial charge in [-0.05, 0) is 6.92 Å². The van der Waals surface area contributed by atoms with Crippen molar-refractivity contribution in [1.82, 2.24) is 10.5 Å². The molecule has 1 heterocycles. The van der Waals surface area contributed by atoms with Crippen LogP contribution in [-0.4, -0.2) is 35.3 Å². The first kappa shape index (κ1) is 12.2. The predicted octanol–water partition coefficient (Wildman–Crippen LogP) is 0.0239. The number of aliphatic carboxylic acids is 1. The van der Waals surface area contributed by atoms with Crippen LogP contribution in [0.3, 0.4) is 0 Å². The van der Waals surface area contributed by atoms with E-state index in [0.29, 0.717) is 5.76 Å². The molecule has 0 aliphatic heterocycles. The second-order valence-electron chi connectivity index (χ2n) is 3.14. The van der Waals surface area contributed by atoms with Crippen LogP contribution in [0.2, 0.25) is 0 Å². The molecule has 1 rings (SSSR count). The summed E-state index contributed by atoms with van der Waals surface area (Å²) in [5, 5.41) is 14.3. The van der Waals surface area contributed by atoms with Gasteiger partial charge in [0.15, 0.2) is 11.5 Å². The molecule has 0 saturated heterocycles. The molecule has 0 spiro atoms. The van der Waals surface area contributed by atoms with Crippen molar-refractivity contribution in [3.63, 3.8) is 0 Å². The van der Waals surface area contributed by atoms with E-state index in [1.165, 1.54) is 20.1 Å². The zero-order valence-electron chi connectivity index (χ0n) is 8.89. The lowest BCUT2D eigenvalue weighted by Crippen LogP contribution is -2.38. The average Bonchev–Trinajstić information content (AvgIpc) is 2.66. The minimum atomic E-state index is -1.12. The Morgan fingerprint density at radius 2 is 2.38 bits per heavy atom. The minimum absolute atomic E-state index is 0.0279. The Kier molecular flexibility index (Phi) is 4.01. The van der Waals surface area contributed by atoms with E-state index in [4.69, 9.17) is 14.4 Å². The summed E-state index contributed by atoms with van der Waals surface area (Å²) in [5.74, 6) is -1.31. The molecule has 1 aromatic heterocycles. The number of hydrogen-bond acceptors (Lipinski definition) is 5. The molecule has 0 aromatic carbocycles. The van der Waals surface area contributed by atoms with E-state index in [1.54, 1.807) is 0 Å². The van der Waals surface area contributed by atoms with E-state index in [2.05, 4.69) is 10.5 Å². The Balaban J connectivity index is 2.62. The number of carboxylic acid groups (broad SMARTS) is 1. The topological polar surface area (TPSA) is 102 Å². The molecule has 88 valence electrons. The van der Waals surface area contributed by atoms with Gasteiger partial charge >= 0.3 is 5.97 Å². The normalized spacial score (nSPS) is 12.1. The summed E-state index contributed by atoms with van der Waals surface area (Å²) in [5.41, 5.74) is 0.0279. The molecule has 0 saturated carbocycles. The zero-order valence-corrected chi connectivity index (χ0v) is 8.89. The maximum absolute atomic E-state index is 11.4. The van der Waals surface area contributed by atoms with Crippen LogP contribution in [0.5, 0.6) is 0 Å². The molecule has 16 heavy (non-hydrogen) atoms. The predicted molar refractivity (Wildman–Crippen MR) is 51.8 cm³/mol. The van der Waals surface area contributed by atoms with Crippen molar-refractivity contribution >= 4 is 11.9 Å². The number of aromatic nitrogens is 1. The fraction of sp³-hybridized carbons (Fsp3) is 0.444. The van der Waals surface area contributed by atoms with E-state index >= 15 is 0 Å². The van der Waals surface area contributed by atoms with Gasteiger partial charge in [0.1, 0.15) is 12.6 Å². The van der Waals surface area contributed by atoms with Crippen LogP contribution < -0.4 is 5.32 Å². The molecule has 1 amide bonds. The summed E-state index contributed by atoms with van der Waals surface area (Å²) >= 11 is 0. The number of nitrogens with zero attached hydrogens (tertiary/aromatic N) is 1. The van der Waals surface area contributed by atoms with Crippen molar-refractivity contribution in [3.05, 3.63) is 17.5 Å². The Bertz CT molecular complexity index is 387. The Morgan fingerprint density at radius 3 is 2.94 bits per heavy atom. The van der Waals surface area contributed by atoms with E-state index in [1.807, 2.05) is 0 Å². The molecule has 0 fully saturated rings. The van der Waals surface area contributed by atoms with Crippen LogP contribution in [0, 0.1) is 0 Å². The SMILES string of the molecule is COCc1cc(C(=O)N[C@@H](C)C(=O)O)no1. The van der Waals surface area contributed by atoms with Crippen LogP contribution >= 0.6 is 0 Å². The smallest absolute Gasteiger partial charge is 0.325 e. The number of hydrogen-bond donors (Lipinski definition) is 2. The fourth-order valence-corrected chi connectivity index (χ4v) is 0.963. The van der Waals surface area contributed by atoms with Crippen molar-refractivity contribution in [1.29, 1.82) is 0 Å². The van der Waals surface area contributed by atoms with Crippen molar-refractivity contribution in [2.24, 2.45) is 0 Å². The minimum Gasteiger partial charge on any atom is -0.480 e. The van der Waals surface area contributed by atoms with Crippen molar-refractivity contribution < 1.29 is 24.0 Å². The van der Waals surface area contributed by atoms with Crippen molar-refractivity contribution in [2.45, 2.75) is 19.6 Å². The third-order valence-corrected chi connectivity index (χ3v) is 1.80. The number of ether oxygens (including phenoxy) is 1. The fourth-order valence-electron chi connectivity index (χ4n) is 0.963. The third kappa shape index (κ3) is 3.06. The molecule has 0 aliphatic carbocycles. The number of carbonyl (C=O) groups is 2. The highest BCUT2D eigenvalue weighted by Crippen LogP contribution is 2.04. The highest BCUT2D eigenvalue weighted by molar-refractivity contribution is 5.94. The van der Waals surface area contributed by atoms with E-state index in [9.17, 15) is 9.59 Å². The second-order valence-corrected chi connectivity index (χ2v) is 3.14. The van der Waals surface area contributed by atoms with Crippen LogP contribution in [0.4, 0.5) is 0 Å². The first-order valence-corrected chi connectivity index (χ1v) is 4.52. The first-order valence-electron chi connectivity index (χ1n) is 4.52. The van der Waals surface area contributed by atoms with Crippen LogP contribution in [0.1, 0.15) is 23.2 Å². The number of methoxy groups -OCH3 is 1. The quantitative estimate of drug-likeness (QED) is 0.736. The molecule has 1 aromatic rings. The van der Waals surface area contributed by atoms with Gasteiger partial charge in [0.2, 0.25) is 0 Å². The van der Waals surface area contributed by atoms with Crippen LogP contribution in [-0.2, 0) is 16.1 Å². The van der Waals surface area contributed by atoms with Gasteiger partial charge < -0.3 is 19.7 Å². The van der Waals surface area contributed by atoms with Gasteiger partial charge in [-0.3, -0.25) is 9.59 Å². The lowest BCUT2D eigenvalue weighted by atomic mass is 10.3. The number of nitrogens with one attached hydrogen (secondary N) is 1. The molecule has 0 radical (unpaired) electrons. The van der Waals surface area contributed by atoms with E-state index in [0.717, 1.165) is 0 Å². The molecule has 0 unspecified atom stereocenters. The van der Waals surface area contributed by atoms with Crippen LogP contribution in [0.25, 0.3) is 0 Å². The summed E-state index contributed by atoms with van der Waals surface area (Å²) in [7, 11) is 1.48. The highest BCUT2D eigenvalue weighted by atomic mass is 16.5. The molecule has 1 atom stereocenters. The Morgan fingerprint density at radius 1 is 1.69 bits per heavy atom. The van der Waals surface area contributed by atoms with Crippen molar-refractivity contribution in [2.75, 3.05) is 7.11 Å². The van der Waals surface area contributed by atoms with Gasteiger partial charge in [-0.1, -0.05) is 5.16 Å². The lowest BCUT2D eigenvalue weighted by molar-refractivity contribution is -0.138. The standard InChI is InChI=1S/C9H12N2O5/c1-5(9(13)14)10-8(12)7-3-6(4-15-2)16-11-7/h3,5H,4H2,1-2H3,(H,10,12)(H,13,14)/t5-/m0/s1. The third-order valence-electron chi connectivity index (χ3n) is 1.80. The largest absolute Gasteiger partial charge is 0.480 e. The van der Waals surface area contributed by atoms with Crippen molar-refractivity contribution in [3.8, 4) is 0 Å². The number of amides is 1. The lowest BCUT2D eigenvalue weighted by Gasteiger charge is -2.06. The van der Waals surface area contributed by atoms with Gasteiger partial charge in [0, 0.05) is 13.2 Å². The van der Waals surface area contributed by atoms with Crippen LogP contribution in [0.15, 0.2) is 10.6 Å². The monoisotopic (exact) mass is 228 g/mol.